The summed E-state index contributed by atoms with van der Waals surface area (Å²) >= 11 is 0. The summed E-state index contributed by atoms with van der Waals surface area (Å²) in [6.07, 6.45) is -3.91. The van der Waals surface area contributed by atoms with Crippen LogP contribution in [0.25, 0.3) is 0 Å². The van der Waals surface area contributed by atoms with Crippen molar-refractivity contribution in [1.29, 1.82) is 0 Å². The van der Waals surface area contributed by atoms with Gasteiger partial charge in [-0.15, -0.1) is 0 Å². The summed E-state index contributed by atoms with van der Waals surface area (Å²) in [5.41, 5.74) is 0.534. The summed E-state index contributed by atoms with van der Waals surface area (Å²) < 4.78 is 39.9. The lowest BCUT2D eigenvalue weighted by Crippen LogP contribution is -2.19. The SMILES string of the molecule is O=CC#Cc1ccc(OCC(F)(F)F)cc1. The first-order valence-electron chi connectivity index (χ1n) is 4.26. The van der Waals surface area contributed by atoms with E-state index in [0.29, 0.717) is 11.8 Å². The summed E-state index contributed by atoms with van der Waals surface area (Å²) in [4.78, 5) is 9.93. The summed E-state index contributed by atoms with van der Waals surface area (Å²) in [5, 5.41) is 0. The molecule has 0 amide bonds. The first kappa shape index (κ1) is 12.1. The molecule has 1 aromatic rings. The quantitative estimate of drug-likeness (QED) is 0.572. The molecule has 0 atom stereocenters. The normalized spacial score (nSPS) is 10.2. The van der Waals surface area contributed by atoms with Gasteiger partial charge in [0.05, 0.1) is 0 Å². The van der Waals surface area contributed by atoms with Crippen LogP contribution in [-0.2, 0) is 4.79 Å². The van der Waals surface area contributed by atoms with E-state index in [2.05, 4.69) is 16.6 Å². The molecule has 0 saturated heterocycles. The molecule has 84 valence electrons. The molecule has 0 radical (unpaired) electrons. The molecule has 16 heavy (non-hydrogen) atoms. The molecule has 0 fully saturated rings. The van der Waals surface area contributed by atoms with Crippen LogP contribution in [0.1, 0.15) is 5.56 Å². The molecule has 0 saturated carbocycles. The number of halogens is 3. The third-order valence-electron chi connectivity index (χ3n) is 1.53. The second kappa shape index (κ2) is 5.21. The lowest BCUT2D eigenvalue weighted by atomic mass is 10.2. The zero-order chi connectivity index (χ0) is 12.0. The third kappa shape index (κ3) is 4.51. The van der Waals surface area contributed by atoms with Crippen LogP contribution < -0.4 is 4.74 Å². The van der Waals surface area contributed by atoms with Crippen molar-refractivity contribution in [1.82, 2.24) is 0 Å². The Morgan fingerprint density at radius 2 is 1.88 bits per heavy atom. The topological polar surface area (TPSA) is 26.3 Å². The first-order valence-corrected chi connectivity index (χ1v) is 4.26. The van der Waals surface area contributed by atoms with Crippen molar-refractivity contribution in [2.24, 2.45) is 0 Å². The maximum Gasteiger partial charge on any atom is 0.422 e. The lowest BCUT2D eigenvalue weighted by Gasteiger charge is -2.08. The van der Waals surface area contributed by atoms with Crippen molar-refractivity contribution in [3.05, 3.63) is 29.8 Å². The number of hydrogen-bond acceptors (Lipinski definition) is 2. The fraction of sp³-hybridized carbons (Fsp3) is 0.182. The van der Waals surface area contributed by atoms with E-state index >= 15 is 0 Å². The fourth-order valence-electron chi connectivity index (χ4n) is 0.912. The number of aldehydes is 1. The Morgan fingerprint density at radius 3 is 2.38 bits per heavy atom. The summed E-state index contributed by atoms with van der Waals surface area (Å²) in [6, 6.07) is 5.67. The average molecular weight is 228 g/mol. The van der Waals surface area contributed by atoms with Crippen molar-refractivity contribution < 1.29 is 22.7 Å². The van der Waals surface area contributed by atoms with E-state index in [0.717, 1.165) is 0 Å². The van der Waals surface area contributed by atoms with E-state index in [1.165, 1.54) is 24.3 Å². The van der Waals surface area contributed by atoms with Crippen LogP contribution in [0.3, 0.4) is 0 Å². The second-order valence-corrected chi connectivity index (χ2v) is 2.82. The molecule has 1 rings (SSSR count). The Hall–Kier alpha value is -1.96. The number of alkyl halides is 3. The van der Waals surface area contributed by atoms with Crippen molar-refractivity contribution in [2.75, 3.05) is 6.61 Å². The summed E-state index contributed by atoms with van der Waals surface area (Å²) in [7, 11) is 0. The largest absolute Gasteiger partial charge is 0.484 e. The van der Waals surface area contributed by atoms with Crippen LogP contribution in [0.5, 0.6) is 5.75 Å². The standard InChI is InChI=1S/C11H7F3O2/c12-11(13,14)8-16-10-5-3-9(4-6-10)2-1-7-15/h3-7H,8H2. The predicted octanol–water partition coefficient (Wildman–Crippen LogP) is 2.18. The number of carbonyl (C=O) groups excluding carboxylic acids is 1. The highest BCUT2D eigenvalue weighted by Gasteiger charge is 2.28. The molecule has 0 aliphatic rings. The molecule has 0 aliphatic carbocycles. The predicted molar refractivity (Wildman–Crippen MR) is 50.9 cm³/mol. The van der Waals surface area contributed by atoms with E-state index in [4.69, 9.17) is 0 Å². The number of carbonyl (C=O) groups is 1. The van der Waals surface area contributed by atoms with Crippen molar-refractivity contribution in [3.63, 3.8) is 0 Å². The zero-order valence-electron chi connectivity index (χ0n) is 8.04. The van der Waals surface area contributed by atoms with Gasteiger partial charge in [0.25, 0.3) is 0 Å². The van der Waals surface area contributed by atoms with Crippen LogP contribution in [0.4, 0.5) is 13.2 Å². The number of rotatable bonds is 2. The Balaban J connectivity index is 2.61. The van der Waals surface area contributed by atoms with Crippen molar-refractivity contribution in [2.45, 2.75) is 6.18 Å². The van der Waals surface area contributed by atoms with E-state index in [9.17, 15) is 18.0 Å². The van der Waals surface area contributed by atoms with Gasteiger partial charge in [0.2, 0.25) is 0 Å². The van der Waals surface area contributed by atoms with E-state index in [-0.39, 0.29) is 5.75 Å². The van der Waals surface area contributed by atoms with E-state index in [1.54, 1.807) is 0 Å². The molecule has 0 bridgehead atoms. The molecular formula is C11H7F3O2. The highest BCUT2D eigenvalue weighted by molar-refractivity contribution is 5.73. The van der Waals surface area contributed by atoms with Gasteiger partial charge in [-0.25, -0.2) is 0 Å². The maximum atomic E-state index is 11.8. The monoisotopic (exact) mass is 228 g/mol. The Kier molecular flexibility index (Phi) is 3.95. The van der Waals surface area contributed by atoms with E-state index < -0.39 is 12.8 Å². The fourth-order valence-corrected chi connectivity index (χ4v) is 0.912. The third-order valence-corrected chi connectivity index (χ3v) is 1.53. The van der Waals surface area contributed by atoms with Crippen LogP contribution in [0.2, 0.25) is 0 Å². The average Bonchev–Trinajstić information content (AvgIpc) is 2.24. The van der Waals surface area contributed by atoms with Crippen LogP contribution in [0, 0.1) is 11.8 Å². The Labute approximate surface area is 90.0 Å². The van der Waals surface area contributed by atoms with Crippen molar-refractivity contribution >= 4 is 6.29 Å². The van der Waals surface area contributed by atoms with Gasteiger partial charge in [0.15, 0.2) is 12.9 Å². The van der Waals surface area contributed by atoms with Gasteiger partial charge in [0, 0.05) is 5.56 Å². The highest BCUT2D eigenvalue weighted by Crippen LogP contribution is 2.18. The van der Waals surface area contributed by atoms with Gasteiger partial charge in [-0.1, -0.05) is 5.92 Å². The van der Waals surface area contributed by atoms with Gasteiger partial charge >= 0.3 is 6.18 Å². The number of hydrogen-bond donors (Lipinski definition) is 0. The molecular weight excluding hydrogens is 221 g/mol. The molecule has 0 unspecified atom stereocenters. The Bertz CT molecular complexity index is 410. The summed E-state index contributed by atoms with van der Waals surface area (Å²) in [6.45, 7) is -1.33. The Morgan fingerprint density at radius 1 is 1.25 bits per heavy atom. The van der Waals surface area contributed by atoms with Crippen LogP contribution in [0.15, 0.2) is 24.3 Å². The van der Waals surface area contributed by atoms with Crippen molar-refractivity contribution in [3.8, 4) is 17.6 Å². The van der Waals surface area contributed by atoms with Gasteiger partial charge in [-0.2, -0.15) is 13.2 Å². The second-order valence-electron chi connectivity index (χ2n) is 2.82. The molecule has 2 nitrogen and oxygen atoms in total. The van der Waals surface area contributed by atoms with Gasteiger partial charge in [0.1, 0.15) is 5.75 Å². The molecule has 1 aromatic carbocycles. The minimum absolute atomic E-state index is 0.106. The highest BCUT2D eigenvalue weighted by atomic mass is 19.4. The molecule has 0 aliphatic heterocycles. The van der Waals surface area contributed by atoms with Crippen LogP contribution in [-0.4, -0.2) is 19.1 Å². The van der Waals surface area contributed by atoms with Gasteiger partial charge < -0.3 is 4.74 Å². The van der Waals surface area contributed by atoms with Gasteiger partial charge in [-0.3, -0.25) is 4.79 Å². The molecule has 0 aromatic heterocycles. The first-order chi connectivity index (χ1) is 7.51. The smallest absolute Gasteiger partial charge is 0.422 e. The maximum absolute atomic E-state index is 11.8. The van der Waals surface area contributed by atoms with E-state index in [1.807, 2.05) is 0 Å². The molecule has 0 heterocycles. The molecule has 0 spiro atoms. The lowest BCUT2D eigenvalue weighted by molar-refractivity contribution is -0.153. The van der Waals surface area contributed by atoms with Crippen LogP contribution >= 0.6 is 0 Å². The van der Waals surface area contributed by atoms with Gasteiger partial charge in [-0.05, 0) is 30.2 Å². The summed E-state index contributed by atoms with van der Waals surface area (Å²) in [5.74, 6) is 4.79. The minimum Gasteiger partial charge on any atom is -0.484 e. The minimum atomic E-state index is -4.35. The number of benzene rings is 1. The number of ether oxygens (including phenoxy) is 1. The molecule has 5 heteroatoms. The molecule has 0 N–H and O–H groups in total. The zero-order valence-corrected chi connectivity index (χ0v) is 8.04.